The lowest BCUT2D eigenvalue weighted by atomic mass is 9.98. The predicted octanol–water partition coefficient (Wildman–Crippen LogP) is 5.12. The first kappa shape index (κ1) is 24.3. The van der Waals surface area contributed by atoms with Crippen LogP contribution in [0.15, 0.2) is 12.3 Å². The first-order chi connectivity index (χ1) is 16.2. The normalized spacial score (nSPS) is 17.7. The summed E-state index contributed by atoms with van der Waals surface area (Å²) in [6.07, 6.45) is 4.29. The van der Waals surface area contributed by atoms with Crippen LogP contribution in [0.3, 0.4) is 0 Å². The van der Waals surface area contributed by atoms with Gasteiger partial charge < -0.3 is 14.4 Å². The molecule has 2 heterocycles. The van der Waals surface area contributed by atoms with Crippen molar-refractivity contribution in [2.45, 2.75) is 82.7 Å². The lowest BCUT2D eigenvalue weighted by Crippen LogP contribution is -2.35. The van der Waals surface area contributed by atoms with Gasteiger partial charge in [-0.1, -0.05) is 24.5 Å². The second kappa shape index (κ2) is 10.2. The topological polar surface area (TPSA) is 82.4 Å². The van der Waals surface area contributed by atoms with Crippen molar-refractivity contribution >= 4 is 6.09 Å². The zero-order chi connectivity index (χ0) is 24.3. The van der Waals surface area contributed by atoms with E-state index in [0.717, 1.165) is 63.9 Å². The summed E-state index contributed by atoms with van der Waals surface area (Å²) in [6, 6.07) is 1.12. The summed E-state index contributed by atoms with van der Waals surface area (Å²) in [4.78, 5) is 18.1. The maximum Gasteiger partial charge on any atom is 0.421 e. The highest BCUT2D eigenvalue weighted by Crippen LogP contribution is 2.39. The highest BCUT2D eigenvalue weighted by Gasteiger charge is 2.37. The van der Waals surface area contributed by atoms with Gasteiger partial charge in [0.15, 0.2) is 0 Å². The molecule has 34 heavy (non-hydrogen) atoms. The van der Waals surface area contributed by atoms with Gasteiger partial charge in [-0.2, -0.15) is 13.2 Å². The van der Waals surface area contributed by atoms with Crippen LogP contribution in [-0.4, -0.2) is 50.2 Å². The van der Waals surface area contributed by atoms with E-state index >= 15 is 0 Å². The molecule has 2 fully saturated rings. The molecule has 0 spiro atoms. The molecule has 0 aliphatic heterocycles. The maximum absolute atomic E-state index is 13.9. The van der Waals surface area contributed by atoms with Crippen LogP contribution >= 0.6 is 0 Å². The molecule has 8 nitrogen and oxygen atoms in total. The number of aryl methyl sites for hydroxylation is 1. The number of hydrogen-bond donors (Lipinski definition) is 0. The van der Waals surface area contributed by atoms with Crippen LogP contribution in [0, 0.1) is 0 Å². The van der Waals surface area contributed by atoms with Crippen LogP contribution in [0.5, 0.6) is 5.88 Å². The van der Waals surface area contributed by atoms with Crippen LogP contribution in [0.1, 0.15) is 69.0 Å². The van der Waals surface area contributed by atoms with Crippen molar-refractivity contribution < 1.29 is 27.4 Å². The van der Waals surface area contributed by atoms with Crippen molar-refractivity contribution in [3.05, 3.63) is 23.5 Å². The van der Waals surface area contributed by atoms with Crippen molar-refractivity contribution in [3.8, 4) is 17.1 Å². The quantitative estimate of drug-likeness (QED) is 0.570. The van der Waals surface area contributed by atoms with Gasteiger partial charge in [-0.15, -0.1) is 5.10 Å². The highest BCUT2D eigenvalue weighted by atomic mass is 19.4. The Labute approximate surface area is 196 Å². The van der Waals surface area contributed by atoms with Crippen molar-refractivity contribution in [3.63, 3.8) is 0 Å². The number of carbonyl (C=O) groups excluding carboxylic acids is 1. The number of ether oxygens (including phenoxy) is 2. The molecule has 0 radical (unpaired) electrons. The number of halogens is 3. The molecule has 0 unspecified atom stereocenters. The number of pyridine rings is 1. The van der Waals surface area contributed by atoms with Crippen molar-refractivity contribution in [2.75, 3.05) is 7.05 Å². The first-order valence-electron chi connectivity index (χ1n) is 11.8. The summed E-state index contributed by atoms with van der Waals surface area (Å²) in [7, 11) is 3.30. The van der Waals surface area contributed by atoms with E-state index in [1.54, 1.807) is 19.0 Å². The molecule has 0 saturated heterocycles. The minimum Gasteiger partial charge on any atom is -0.474 e. The SMILES string of the molecule is CN(C(=O)OCc1c(-c2cnc(OC3CCCCC3)c(C(F)(F)F)c2)nnn1C)C1CCCC1. The monoisotopic (exact) mass is 481 g/mol. The average Bonchev–Trinajstić information content (AvgIpc) is 3.47. The highest BCUT2D eigenvalue weighted by molar-refractivity contribution is 5.68. The van der Waals surface area contributed by atoms with E-state index in [0.29, 0.717) is 5.69 Å². The smallest absolute Gasteiger partial charge is 0.421 e. The van der Waals surface area contributed by atoms with Gasteiger partial charge in [0.25, 0.3) is 0 Å². The zero-order valence-corrected chi connectivity index (χ0v) is 19.5. The van der Waals surface area contributed by atoms with Gasteiger partial charge in [0.1, 0.15) is 29.7 Å². The summed E-state index contributed by atoms with van der Waals surface area (Å²) in [6.45, 7) is -0.170. The molecular formula is C23H30F3N5O3. The number of hydrogen-bond acceptors (Lipinski definition) is 6. The number of aromatic nitrogens is 4. The summed E-state index contributed by atoms with van der Waals surface area (Å²) in [5.41, 5.74) is -0.262. The molecule has 4 rings (SSSR count). The van der Waals surface area contributed by atoms with Gasteiger partial charge in [0.2, 0.25) is 5.88 Å². The molecule has 11 heteroatoms. The maximum atomic E-state index is 13.9. The standard InChI is InChI=1S/C23H30F3N5O3/c1-30(16-8-6-7-9-16)22(32)33-14-19-20(28-29-31(19)2)15-12-18(23(24,25)26)21(27-13-15)34-17-10-4-3-5-11-17/h12-13,16-17H,3-11,14H2,1-2H3. The van der Waals surface area contributed by atoms with E-state index < -0.39 is 23.7 Å². The van der Waals surface area contributed by atoms with Gasteiger partial charge in [-0.25, -0.2) is 14.5 Å². The first-order valence-corrected chi connectivity index (χ1v) is 11.8. The number of alkyl halides is 3. The summed E-state index contributed by atoms with van der Waals surface area (Å²) < 4.78 is 54.1. The summed E-state index contributed by atoms with van der Waals surface area (Å²) in [5.74, 6) is -0.418. The fraction of sp³-hybridized carbons (Fsp3) is 0.652. The Morgan fingerprint density at radius 3 is 2.50 bits per heavy atom. The molecule has 2 aliphatic carbocycles. The van der Waals surface area contributed by atoms with Crippen LogP contribution in [0.4, 0.5) is 18.0 Å². The van der Waals surface area contributed by atoms with Crippen molar-refractivity contribution in [2.24, 2.45) is 7.05 Å². The van der Waals surface area contributed by atoms with Crippen molar-refractivity contribution in [1.29, 1.82) is 0 Å². The Morgan fingerprint density at radius 1 is 1.15 bits per heavy atom. The molecule has 2 aromatic rings. The Morgan fingerprint density at radius 2 is 1.82 bits per heavy atom. The minimum absolute atomic E-state index is 0.131. The van der Waals surface area contributed by atoms with E-state index in [9.17, 15) is 18.0 Å². The molecule has 0 aromatic carbocycles. The third-order valence-corrected chi connectivity index (χ3v) is 6.70. The van der Waals surface area contributed by atoms with E-state index in [1.165, 1.54) is 10.9 Å². The number of rotatable bonds is 6. The second-order valence-corrected chi connectivity index (χ2v) is 9.06. The van der Waals surface area contributed by atoms with Gasteiger partial charge in [-0.3, -0.25) is 0 Å². The summed E-state index contributed by atoms with van der Waals surface area (Å²) >= 11 is 0. The molecular weight excluding hydrogens is 451 g/mol. The fourth-order valence-corrected chi connectivity index (χ4v) is 4.66. The van der Waals surface area contributed by atoms with Crippen molar-refractivity contribution in [1.82, 2.24) is 24.9 Å². The van der Waals surface area contributed by atoms with Gasteiger partial charge in [0, 0.05) is 31.9 Å². The van der Waals surface area contributed by atoms with Crippen LogP contribution in [-0.2, 0) is 24.6 Å². The van der Waals surface area contributed by atoms with Gasteiger partial charge in [0.05, 0.1) is 0 Å². The zero-order valence-electron chi connectivity index (χ0n) is 19.5. The van der Waals surface area contributed by atoms with Gasteiger partial charge in [-0.05, 0) is 44.6 Å². The average molecular weight is 482 g/mol. The Bertz CT molecular complexity index is 998. The number of nitrogens with zero attached hydrogens (tertiary/aromatic N) is 5. The molecule has 0 N–H and O–H groups in total. The third-order valence-electron chi connectivity index (χ3n) is 6.70. The fourth-order valence-electron chi connectivity index (χ4n) is 4.66. The molecule has 1 amide bonds. The molecule has 186 valence electrons. The lowest BCUT2D eigenvalue weighted by molar-refractivity contribution is -0.139. The minimum atomic E-state index is -4.65. The largest absolute Gasteiger partial charge is 0.474 e. The Balaban J connectivity index is 1.54. The predicted molar refractivity (Wildman–Crippen MR) is 117 cm³/mol. The Kier molecular flexibility index (Phi) is 7.27. The van der Waals surface area contributed by atoms with Gasteiger partial charge >= 0.3 is 12.3 Å². The van der Waals surface area contributed by atoms with E-state index in [-0.39, 0.29) is 30.0 Å². The third kappa shape index (κ3) is 5.44. The molecule has 2 aromatic heterocycles. The number of carbonyl (C=O) groups is 1. The van der Waals surface area contributed by atoms with E-state index in [2.05, 4.69) is 15.3 Å². The molecule has 2 saturated carbocycles. The second-order valence-electron chi connectivity index (χ2n) is 9.06. The molecule has 0 atom stereocenters. The Hall–Kier alpha value is -2.85. The lowest BCUT2D eigenvalue weighted by Gasteiger charge is -2.24. The summed E-state index contributed by atoms with van der Waals surface area (Å²) in [5, 5.41) is 7.94. The molecule has 0 bridgehead atoms. The molecule has 2 aliphatic rings. The van der Waals surface area contributed by atoms with Crippen LogP contribution in [0.2, 0.25) is 0 Å². The van der Waals surface area contributed by atoms with Crippen LogP contribution < -0.4 is 4.74 Å². The van der Waals surface area contributed by atoms with E-state index in [1.807, 2.05) is 0 Å². The van der Waals surface area contributed by atoms with Crippen LogP contribution in [0.25, 0.3) is 11.3 Å². The van der Waals surface area contributed by atoms with E-state index in [4.69, 9.17) is 9.47 Å². The number of amides is 1.